The van der Waals surface area contributed by atoms with Gasteiger partial charge in [-0.3, -0.25) is 14.0 Å². The summed E-state index contributed by atoms with van der Waals surface area (Å²) in [5.74, 6) is 0.629. The Morgan fingerprint density at radius 3 is 2.93 bits per heavy atom. The van der Waals surface area contributed by atoms with Crippen LogP contribution in [0.25, 0.3) is 17.1 Å². The van der Waals surface area contributed by atoms with Crippen molar-refractivity contribution in [2.75, 3.05) is 0 Å². The van der Waals surface area contributed by atoms with E-state index in [-0.39, 0.29) is 12.5 Å². The van der Waals surface area contributed by atoms with Gasteiger partial charge in [0.2, 0.25) is 0 Å². The Balaban J connectivity index is 1.35. The van der Waals surface area contributed by atoms with E-state index in [9.17, 15) is 9.59 Å². The van der Waals surface area contributed by atoms with Crippen LogP contribution in [0.4, 0.5) is 0 Å². The van der Waals surface area contributed by atoms with E-state index in [1.807, 2.05) is 0 Å². The summed E-state index contributed by atoms with van der Waals surface area (Å²) >= 11 is 0. The zero-order valence-electron chi connectivity index (χ0n) is 15.7. The minimum Gasteiger partial charge on any atom is -0.347 e. The summed E-state index contributed by atoms with van der Waals surface area (Å²) in [6.45, 7) is 1.87. The molecule has 148 valence electrons. The van der Waals surface area contributed by atoms with Crippen molar-refractivity contribution in [2.45, 2.75) is 19.5 Å². The highest BCUT2D eigenvalue weighted by atomic mass is 16.5. The van der Waals surface area contributed by atoms with Crippen LogP contribution in [0.1, 0.15) is 33.6 Å². The molecule has 1 atom stereocenters. The molecular formula is C19H14N8O3. The number of nitrogens with zero attached hydrogens (tertiary/aromatic N) is 7. The second-order valence-corrected chi connectivity index (χ2v) is 6.63. The van der Waals surface area contributed by atoms with Gasteiger partial charge >= 0.3 is 0 Å². The van der Waals surface area contributed by atoms with Crippen LogP contribution in [0.5, 0.6) is 0 Å². The van der Waals surface area contributed by atoms with Gasteiger partial charge in [0.1, 0.15) is 0 Å². The van der Waals surface area contributed by atoms with Crippen molar-refractivity contribution in [3.8, 4) is 11.5 Å². The lowest BCUT2D eigenvalue weighted by Gasteiger charge is -2.17. The van der Waals surface area contributed by atoms with Crippen molar-refractivity contribution in [1.82, 2.24) is 30.1 Å². The summed E-state index contributed by atoms with van der Waals surface area (Å²) in [6, 6.07) is 9.48. The number of pyridine rings is 1. The molecule has 11 heteroatoms. The molecule has 4 aromatic rings. The van der Waals surface area contributed by atoms with Gasteiger partial charge in [0.05, 0.1) is 6.54 Å². The van der Waals surface area contributed by atoms with Crippen LogP contribution in [0, 0.1) is 6.92 Å². The van der Waals surface area contributed by atoms with Gasteiger partial charge in [-0.15, -0.1) is 15.3 Å². The lowest BCUT2D eigenvalue weighted by Crippen LogP contribution is -2.30. The maximum Gasteiger partial charge on any atom is 0.295 e. The fraction of sp³-hybridized carbons (Fsp3) is 0.158. The van der Waals surface area contributed by atoms with Gasteiger partial charge in [0.25, 0.3) is 17.7 Å². The Labute approximate surface area is 168 Å². The minimum absolute atomic E-state index is 0.126. The van der Waals surface area contributed by atoms with E-state index in [0.29, 0.717) is 34.3 Å². The fourth-order valence-electron chi connectivity index (χ4n) is 3.22. The quantitative estimate of drug-likeness (QED) is 0.551. The third kappa shape index (κ3) is 3.02. The second-order valence-electron chi connectivity index (χ2n) is 6.63. The first kappa shape index (κ1) is 17.8. The number of amides is 2. The topological polar surface area (TPSA) is 140 Å². The molecule has 0 fully saturated rings. The van der Waals surface area contributed by atoms with E-state index in [4.69, 9.17) is 4.52 Å². The number of fused-ring (bicyclic) bond motifs is 2. The summed E-state index contributed by atoms with van der Waals surface area (Å²) in [7, 11) is 0. The molecule has 1 unspecified atom stereocenters. The van der Waals surface area contributed by atoms with Crippen molar-refractivity contribution in [3.63, 3.8) is 0 Å². The Morgan fingerprint density at radius 1 is 1.23 bits per heavy atom. The van der Waals surface area contributed by atoms with E-state index in [1.54, 1.807) is 53.9 Å². The monoisotopic (exact) mass is 402 g/mol. The van der Waals surface area contributed by atoms with Crippen LogP contribution in [0.3, 0.4) is 0 Å². The van der Waals surface area contributed by atoms with Crippen molar-refractivity contribution in [3.05, 3.63) is 65.4 Å². The van der Waals surface area contributed by atoms with Gasteiger partial charge in [0, 0.05) is 22.9 Å². The Hall–Kier alpha value is -4.28. The molecule has 30 heavy (non-hydrogen) atoms. The number of benzene rings is 1. The van der Waals surface area contributed by atoms with Crippen LogP contribution in [0.15, 0.2) is 57.3 Å². The number of nitrogens with one attached hydrogen (secondary N) is 1. The molecule has 3 aromatic heterocycles. The highest BCUT2D eigenvalue weighted by molar-refractivity contribution is 5.99. The van der Waals surface area contributed by atoms with Crippen LogP contribution >= 0.6 is 0 Å². The third-order valence-corrected chi connectivity index (χ3v) is 4.67. The molecule has 0 saturated heterocycles. The molecule has 4 heterocycles. The largest absolute Gasteiger partial charge is 0.347 e. The SMILES string of the molecule is Cc1noc(-c2ccn3c(CNC(=O)C4N=NC(=O)c5ccccc54)nnc3c2)n1. The summed E-state index contributed by atoms with van der Waals surface area (Å²) in [4.78, 5) is 28.7. The lowest BCUT2D eigenvalue weighted by molar-refractivity contribution is -0.122. The predicted octanol–water partition coefficient (Wildman–Crippen LogP) is 2.05. The summed E-state index contributed by atoms with van der Waals surface area (Å²) < 4.78 is 6.91. The number of aryl methyl sites for hydroxylation is 1. The number of hydrogen-bond donors (Lipinski definition) is 1. The normalized spacial score (nSPS) is 15.4. The van der Waals surface area contributed by atoms with Crippen molar-refractivity contribution >= 4 is 17.5 Å². The molecule has 1 aromatic carbocycles. The number of hydrogen-bond acceptors (Lipinski definition) is 8. The number of carbonyl (C=O) groups is 2. The van der Waals surface area contributed by atoms with E-state index in [1.165, 1.54) is 0 Å². The van der Waals surface area contributed by atoms with Crippen LogP contribution in [-0.4, -0.2) is 36.6 Å². The molecule has 1 aliphatic heterocycles. The molecule has 0 spiro atoms. The summed E-state index contributed by atoms with van der Waals surface area (Å²) in [5.41, 5.74) is 2.20. The highest BCUT2D eigenvalue weighted by Crippen LogP contribution is 2.27. The van der Waals surface area contributed by atoms with Crippen LogP contribution < -0.4 is 5.32 Å². The smallest absolute Gasteiger partial charge is 0.295 e. The zero-order chi connectivity index (χ0) is 20.7. The van der Waals surface area contributed by atoms with E-state index in [0.717, 1.165) is 5.56 Å². The fourth-order valence-corrected chi connectivity index (χ4v) is 3.22. The van der Waals surface area contributed by atoms with E-state index < -0.39 is 11.9 Å². The minimum atomic E-state index is -0.884. The van der Waals surface area contributed by atoms with E-state index in [2.05, 4.69) is 35.9 Å². The first-order chi connectivity index (χ1) is 14.6. The highest BCUT2D eigenvalue weighted by Gasteiger charge is 2.29. The van der Waals surface area contributed by atoms with Crippen LogP contribution in [0.2, 0.25) is 0 Å². The van der Waals surface area contributed by atoms with Gasteiger partial charge in [-0.05, 0) is 25.1 Å². The third-order valence-electron chi connectivity index (χ3n) is 4.67. The standard InChI is InChI=1S/C19H14N8O3/c1-10-21-19(30-26-10)11-6-7-27-14(8-11)22-23-15(27)9-20-18(29)16-12-4-2-3-5-13(12)17(28)25-24-16/h2-8,16H,9H2,1H3,(H,20,29). The van der Waals surface area contributed by atoms with Crippen molar-refractivity contribution < 1.29 is 14.1 Å². The van der Waals surface area contributed by atoms with Gasteiger partial charge < -0.3 is 9.84 Å². The van der Waals surface area contributed by atoms with Crippen molar-refractivity contribution in [1.29, 1.82) is 0 Å². The maximum atomic E-state index is 12.7. The van der Waals surface area contributed by atoms with Gasteiger partial charge in [-0.1, -0.05) is 23.4 Å². The van der Waals surface area contributed by atoms with Crippen molar-refractivity contribution in [2.24, 2.45) is 10.2 Å². The van der Waals surface area contributed by atoms with Gasteiger partial charge in [-0.25, -0.2) is 0 Å². The first-order valence-electron chi connectivity index (χ1n) is 9.06. The summed E-state index contributed by atoms with van der Waals surface area (Å²) in [6.07, 6.45) is 1.76. The zero-order valence-corrected chi connectivity index (χ0v) is 15.7. The molecule has 0 radical (unpaired) electrons. The molecule has 1 aliphatic rings. The molecule has 5 rings (SSSR count). The number of carbonyl (C=O) groups excluding carboxylic acids is 2. The maximum absolute atomic E-state index is 12.7. The summed E-state index contributed by atoms with van der Waals surface area (Å²) in [5, 5.41) is 22.3. The number of rotatable bonds is 4. The second kappa shape index (κ2) is 6.95. The van der Waals surface area contributed by atoms with Gasteiger partial charge in [-0.2, -0.15) is 10.1 Å². The Kier molecular flexibility index (Phi) is 4.12. The Bertz CT molecular complexity index is 1320. The molecule has 1 N–H and O–H groups in total. The molecule has 2 amide bonds. The molecule has 11 nitrogen and oxygen atoms in total. The molecule has 0 aliphatic carbocycles. The lowest BCUT2D eigenvalue weighted by atomic mass is 9.98. The number of azo groups is 1. The molecule has 0 bridgehead atoms. The van der Waals surface area contributed by atoms with Gasteiger partial charge in [0.15, 0.2) is 23.3 Å². The predicted molar refractivity (Wildman–Crippen MR) is 101 cm³/mol. The number of aromatic nitrogens is 5. The average Bonchev–Trinajstić information content (AvgIpc) is 3.38. The Morgan fingerprint density at radius 2 is 2.10 bits per heavy atom. The molecule has 0 saturated carbocycles. The van der Waals surface area contributed by atoms with E-state index >= 15 is 0 Å². The van der Waals surface area contributed by atoms with Crippen LogP contribution in [-0.2, 0) is 11.3 Å². The first-order valence-corrected chi connectivity index (χ1v) is 9.06. The molecular weight excluding hydrogens is 388 g/mol. The average molecular weight is 402 g/mol.